The zero-order chi connectivity index (χ0) is 34.2. The number of methoxy groups -OCH3 is 1. The number of hydrogen-bond acceptors (Lipinski definition) is 11. The van der Waals surface area contributed by atoms with E-state index in [0.29, 0.717) is 68.7 Å². The van der Waals surface area contributed by atoms with Gasteiger partial charge in [-0.3, -0.25) is 0 Å². The van der Waals surface area contributed by atoms with E-state index in [1.807, 2.05) is 0 Å². The minimum atomic E-state index is -0.578. The van der Waals surface area contributed by atoms with Gasteiger partial charge in [0.15, 0.2) is 11.5 Å². The van der Waals surface area contributed by atoms with Crippen molar-refractivity contribution in [3.8, 4) is 28.7 Å². The van der Waals surface area contributed by atoms with Crippen LogP contribution in [0.1, 0.15) is 53.3 Å². The molecule has 3 aromatic rings. The molecule has 0 amide bonds. The Labute approximate surface area is 280 Å². The lowest BCUT2D eigenvalue weighted by Crippen LogP contribution is -2.43. The first-order chi connectivity index (χ1) is 23.3. The molecule has 256 valence electrons. The molecule has 0 aromatic heterocycles. The van der Waals surface area contributed by atoms with E-state index in [4.69, 9.17) is 37.9 Å². The first kappa shape index (κ1) is 36.0. The molecule has 0 spiro atoms. The van der Waals surface area contributed by atoms with E-state index >= 15 is 0 Å². The molecule has 4 rings (SSSR count). The third kappa shape index (κ3) is 11.4. The molecular formula is C37H42O11. The summed E-state index contributed by atoms with van der Waals surface area (Å²) in [5, 5.41) is 0. The van der Waals surface area contributed by atoms with Crippen molar-refractivity contribution in [2.24, 2.45) is 5.41 Å². The summed E-state index contributed by atoms with van der Waals surface area (Å²) < 4.78 is 43.8. The largest absolute Gasteiger partial charge is 0.494 e. The minimum absolute atomic E-state index is 0.145. The molecule has 48 heavy (non-hydrogen) atoms. The van der Waals surface area contributed by atoms with Gasteiger partial charge in [0.25, 0.3) is 0 Å². The van der Waals surface area contributed by atoms with Gasteiger partial charge in [0.05, 0.1) is 57.9 Å². The van der Waals surface area contributed by atoms with Crippen LogP contribution in [0.25, 0.3) is 0 Å². The van der Waals surface area contributed by atoms with Crippen LogP contribution in [0, 0.1) is 5.41 Å². The van der Waals surface area contributed by atoms with Gasteiger partial charge in [-0.1, -0.05) is 13.5 Å². The molecule has 0 radical (unpaired) electrons. The highest BCUT2D eigenvalue weighted by Crippen LogP contribution is 2.30. The van der Waals surface area contributed by atoms with Gasteiger partial charge in [0.2, 0.25) is 0 Å². The van der Waals surface area contributed by atoms with Gasteiger partial charge < -0.3 is 37.9 Å². The number of ether oxygens (including phenoxy) is 8. The Kier molecular flexibility index (Phi) is 13.8. The van der Waals surface area contributed by atoms with E-state index in [1.54, 1.807) is 42.5 Å². The monoisotopic (exact) mass is 662 g/mol. The summed E-state index contributed by atoms with van der Waals surface area (Å²) in [6, 6.07) is 17.6. The Morgan fingerprint density at radius 2 is 1.29 bits per heavy atom. The third-order valence-electron chi connectivity index (χ3n) is 7.24. The zero-order valence-corrected chi connectivity index (χ0v) is 27.4. The Balaban J connectivity index is 1.17. The molecule has 11 nitrogen and oxygen atoms in total. The maximum Gasteiger partial charge on any atom is 0.343 e. The second kappa shape index (κ2) is 18.5. The van der Waals surface area contributed by atoms with E-state index in [1.165, 1.54) is 31.4 Å². The lowest BCUT2D eigenvalue weighted by molar-refractivity contribution is -0.138. The molecule has 11 heteroatoms. The molecule has 0 N–H and O–H groups in total. The standard InChI is InChI=1S/C37H42O11/c1-4-34(38)46-22-8-7-20-44-29-12-9-27(10-13-29)35(39)47-30-14-16-31(17-15-30)48-36(40)28-11-18-32(33(23-28)41-3)45-21-6-5-19-42-24-37(2)25-43-26-37/h4,9-18,23H,1,5-8,19-22,24-26H2,2-3H3. The van der Waals surface area contributed by atoms with Crippen molar-refractivity contribution in [2.75, 3.05) is 53.4 Å². The minimum Gasteiger partial charge on any atom is -0.494 e. The Morgan fingerprint density at radius 3 is 1.90 bits per heavy atom. The molecule has 0 unspecified atom stereocenters. The highest BCUT2D eigenvalue weighted by atomic mass is 16.5. The first-order valence-corrected chi connectivity index (χ1v) is 15.8. The number of carbonyl (C=O) groups is 3. The number of hydrogen-bond donors (Lipinski definition) is 0. The zero-order valence-electron chi connectivity index (χ0n) is 27.4. The maximum atomic E-state index is 12.8. The highest BCUT2D eigenvalue weighted by Gasteiger charge is 2.33. The van der Waals surface area contributed by atoms with Crippen molar-refractivity contribution < 1.29 is 52.3 Å². The van der Waals surface area contributed by atoms with Crippen LogP contribution in [0.15, 0.2) is 79.4 Å². The fraction of sp³-hybridized carbons (Fsp3) is 0.378. The molecule has 0 aliphatic carbocycles. The van der Waals surface area contributed by atoms with Crippen molar-refractivity contribution in [1.29, 1.82) is 0 Å². The summed E-state index contributed by atoms with van der Waals surface area (Å²) in [6.07, 6.45) is 4.16. The van der Waals surface area contributed by atoms with Crippen molar-refractivity contribution in [2.45, 2.75) is 32.6 Å². The Bertz CT molecular complexity index is 1490. The number of benzene rings is 3. The summed E-state index contributed by atoms with van der Waals surface area (Å²) in [6.45, 7) is 9.59. The first-order valence-electron chi connectivity index (χ1n) is 15.8. The number of carbonyl (C=O) groups excluding carboxylic acids is 3. The van der Waals surface area contributed by atoms with Crippen molar-refractivity contribution in [1.82, 2.24) is 0 Å². The second-order valence-electron chi connectivity index (χ2n) is 11.5. The lowest BCUT2D eigenvalue weighted by Gasteiger charge is -2.37. The third-order valence-corrected chi connectivity index (χ3v) is 7.24. The molecule has 1 fully saturated rings. The van der Waals surface area contributed by atoms with Gasteiger partial charge in [-0.05, 0) is 92.4 Å². The molecule has 0 bridgehead atoms. The Morgan fingerprint density at radius 1 is 0.729 bits per heavy atom. The van der Waals surface area contributed by atoms with Crippen LogP contribution in [0.2, 0.25) is 0 Å². The molecule has 1 aliphatic rings. The summed E-state index contributed by atoms with van der Waals surface area (Å²) >= 11 is 0. The summed E-state index contributed by atoms with van der Waals surface area (Å²) in [5.74, 6) is 0.541. The smallest absolute Gasteiger partial charge is 0.343 e. The summed E-state index contributed by atoms with van der Waals surface area (Å²) in [5.41, 5.74) is 0.777. The van der Waals surface area contributed by atoms with Crippen LogP contribution < -0.4 is 23.7 Å². The topological polar surface area (TPSA) is 125 Å². The Hall–Kier alpha value is -4.87. The highest BCUT2D eigenvalue weighted by molar-refractivity contribution is 5.92. The molecule has 3 aromatic carbocycles. The molecule has 0 saturated carbocycles. The van der Waals surface area contributed by atoms with Crippen LogP contribution in [0.3, 0.4) is 0 Å². The van der Waals surface area contributed by atoms with Gasteiger partial charge in [-0.2, -0.15) is 0 Å². The molecule has 0 atom stereocenters. The summed E-state index contributed by atoms with van der Waals surface area (Å²) in [4.78, 5) is 36.5. The molecule has 1 saturated heterocycles. The number of esters is 3. The van der Waals surface area contributed by atoms with Gasteiger partial charge in [0, 0.05) is 18.1 Å². The van der Waals surface area contributed by atoms with E-state index in [-0.39, 0.29) is 22.5 Å². The molecular weight excluding hydrogens is 620 g/mol. The second-order valence-corrected chi connectivity index (χ2v) is 11.5. The number of unbranched alkanes of at least 4 members (excludes halogenated alkanes) is 2. The van der Waals surface area contributed by atoms with Crippen molar-refractivity contribution in [3.05, 3.63) is 90.5 Å². The average Bonchev–Trinajstić information content (AvgIpc) is 3.09. The van der Waals surface area contributed by atoms with Crippen LogP contribution in [0.5, 0.6) is 28.7 Å². The van der Waals surface area contributed by atoms with Crippen LogP contribution in [0.4, 0.5) is 0 Å². The van der Waals surface area contributed by atoms with E-state index in [2.05, 4.69) is 13.5 Å². The fourth-order valence-electron chi connectivity index (χ4n) is 4.48. The van der Waals surface area contributed by atoms with Gasteiger partial charge in [-0.15, -0.1) is 0 Å². The predicted octanol–water partition coefficient (Wildman–Crippen LogP) is 6.23. The maximum absolute atomic E-state index is 12.8. The van der Waals surface area contributed by atoms with Gasteiger partial charge >= 0.3 is 17.9 Å². The van der Waals surface area contributed by atoms with Crippen molar-refractivity contribution in [3.63, 3.8) is 0 Å². The predicted molar refractivity (Wildman–Crippen MR) is 176 cm³/mol. The van der Waals surface area contributed by atoms with E-state index in [0.717, 1.165) is 32.1 Å². The van der Waals surface area contributed by atoms with Crippen LogP contribution in [-0.2, 0) is 19.0 Å². The number of rotatable bonds is 20. The average molecular weight is 663 g/mol. The van der Waals surface area contributed by atoms with Crippen LogP contribution >= 0.6 is 0 Å². The normalized spacial score (nSPS) is 13.0. The molecule has 1 aliphatic heterocycles. The summed E-state index contributed by atoms with van der Waals surface area (Å²) in [7, 11) is 1.51. The van der Waals surface area contributed by atoms with Crippen molar-refractivity contribution >= 4 is 17.9 Å². The van der Waals surface area contributed by atoms with E-state index in [9.17, 15) is 14.4 Å². The molecule has 1 heterocycles. The quantitative estimate of drug-likeness (QED) is 0.0591. The van der Waals surface area contributed by atoms with Gasteiger partial charge in [0.1, 0.15) is 17.2 Å². The van der Waals surface area contributed by atoms with Gasteiger partial charge in [-0.25, -0.2) is 14.4 Å². The van der Waals surface area contributed by atoms with E-state index < -0.39 is 17.9 Å². The lowest BCUT2D eigenvalue weighted by atomic mass is 9.90. The SMILES string of the molecule is C=CC(=O)OCCCCOc1ccc(C(=O)Oc2ccc(OC(=O)c3ccc(OCCCCOCC4(C)COC4)c(OC)c3)cc2)cc1. The fourth-order valence-corrected chi connectivity index (χ4v) is 4.48. The van der Waals surface area contributed by atoms with Crippen LogP contribution in [-0.4, -0.2) is 71.3 Å².